The Morgan fingerprint density at radius 3 is 2.49 bits per heavy atom. The highest BCUT2D eigenvalue weighted by molar-refractivity contribution is 6.02. The number of rotatable bonds is 10. The molecule has 0 amide bonds. The van der Waals surface area contributed by atoms with Gasteiger partial charge in [0.15, 0.2) is 0 Å². The Kier molecular flexibility index (Phi) is 7.95. The molecule has 8 nitrogen and oxygen atoms in total. The van der Waals surface area contributed by atoms with E-state index in [1.54, 1.807) is 23.9 Å². The maximum Gasteiger partial charge on any atom is 0.340 e. The molecule has 0 saturated carbocycles. The summed E-state index contributed by atoms with van der Waals surface area (Å²) in [7, 11) is 0. The predicted molar refractivity (Wildman–Crippen MR) is 150 cm³/mol. The highest BCUT2D eigenvalue weighted by atomic mass is 16.5. The van der Waals surface area contributed by atoms with E-state index in [0.29, 0.717) is 35.8 Å². The smallest absolute Gasteiger partial charge is 0.340 e. The summed E-state index contributed by atoms with van der Waals surface area (Å²) in [6.45, 7) is 2.98. The SMILES string of the molecule is CCOc1nc2cccc(C(=O)OCc3ccccc3)c2n1Cc1ccc(-c2ccccc2C=NNO)cc1. The Balaban J connectivity index is 1.46. The van der Waals surface area contributed by atoms with E-state index in [4.69, 9.17) is 14.7 Å². The number of carbonyl (C=O) groups is 1. The van der Waals surface area contributed by atoms with Gasteiger partial charge in [-0.1, -0.05) is 84.9 Å². The molecule has 1 heterocycles. The van der Waals surface area contributed by atoms with E-state index in [-0.39, 0.29) is 6.61 Å². The topological polar surface area (TPSA) is 98.0 Å². The number of hydrogen-bond donors (Lipinski definition) is 2. The zero-order chi connectivity index (χ0) is 27.0. The molecule has 0 saturated heterocycles. The number of imidazole rings is 1. The van der Waals surface area contributed by atoms with Gasteiger partial charge in [-0.3, -0.25) is 9.77 Å². The maximum absolute atomic E-state index is 13.2. The summed E-state index contributed by atoms with van der Waals surface area (Å²) in [6.07, 6.45) is 1.56. The number of hydrazone groups is 1. The molecule has 0 unspecified atom stereocenters. The molecule has 39 heavy (non-hydrogen) atoms. The largest absolute Gasteiger partial charge is 0.465 e. The second-order valence-corrected chi connectivity index (χ2v) is 8.79. The van der Waals surface area contributed by atoms with Crippen LogP contribution in [0.5, 0.6) is 6.01 Å². The van der Waals surface area contributed by atoms with Crippen LogP contribution in [0.15, 0.2) is 102 Å². The zero-order valence-corrected chi connectivity index (χ0v) is 21.4. The number of carbonyl (C=O) groups excluding carboxylic acids is 1. The number of fused-ring (bicyclic) bond motifs is 1. The number of benzene rings is 4. The van der Waals surface area contributed by atoms with Crippen LogP contribution in [0.2, 0.25) is 0 Å². The molecule has 0 fully saturated rings. The lowest BCUT2D eigenvalue weighted by Crippen LogP contribution is -2.10. The average Bonchev–Trinajstić information content (AvgIpc) is 3.33. The Morgan fingerprint density at radius 1 is 0.949 bits per heavy atom. The molecule has 5 rings (SSSR count). The fraction of sp³-hybridized carbons (Fsp3) is 0.129. The zero-order valence-electron chi connectivity index (χ0n) is 21.4. The third-order valence-corrected chi connectivity index (χ3v) is 6.27. The molecule has 0 bridgehead atoms. The Hall–Kier alpha value is -4.95. The molecule has 1 aromatic heterocycles. The van der Waals surface area contributed by atoms with Crippen LogP contribution in [0.25, 0.3) is 22.2 Å². The van der Waals surface area contributed by atoms with Gasteiger partial charge in [-0.15, -0.1) is 0 Å². The number of ether oxygens (including phenoxy) is 2. The van der Waals surface area contributed by atoms with E-state index >= 15 is 0 Å². The molecule has 0 spiro atoms. The van der Waals surface area contributed by atoms with E-state index in [9.17, 15) is 4.79 Å². The van der Waals surface area contributed by atoms with Gasteiger partial charge in [-0.05, 0) is 41.3 Å². The molecule has 196 valence electrons. The molecule has 0 aliphatic heterocycles. The van der Waals surface area contributed by atoms with Gasteiger partial charge >= 0.3 is 5.97 Å². The summed E-state index contributed by atoms with van der Waals surface area (Å²) in [4.78, 5) is 17.8. The van der Waals surface area contributed by atoms with Crippen LogP contribution in [-0.4, -0.2) is 33.5 Å². The van der Waals surface area contributed by atoms with Gasteiger partial charge in [-0.2, -0.15) is 15.7 Å². The van der Waals surface area contributed by atoms with Crippen LogP contribution in [0.1, 0.15) is 34.0 Å². The highest BCUT2D eigenvalue weighted by Crippen LogP contribution is 2.28. The maximum atomic E-state index is 13.2. The van der Waals surface area contributed by atoms with Crippen molar-refractivity contribution in [1.29, 1.82) is 0 Å². The molecular weight excluding hydrogens is 492 g/mol. The molecular formula is C31H28N4O4. The summed E-state index contributed by atoms with van der Waals surface area (Å²) in [5.74, 6) is -0.417. The summed E-state index contributed by atoms with van der Waals surface area (Å²) in [5, 5.41) is 12.5. The van der Waals surface area contributed by atoms with Gasteiger partial charge in [0.05, 0.1) is 36.0 Å². The minimum absolute atomic E-state index is 0.185. The lowest BCUT2D eigenvalue weighted by molar-refractivity contribution is 0.0474. The molecule has 0 radical (unpaired) electrons. The average molecular weight is 521 g/mol. The first kappa shape index (κ1) is 25.7. The third kappa shape index (κ3) is 5.81. The second kappa shape index (κ2) is 12.1. The van der Waals surface area contributed by atoms with Crippen molar-refractivity contribution < 1.29 is 19.5 Å². The minimum Gasteiger partial charge on any atom is -0.465 e. The van der Waals surface area contributed by atoms with Gasteiger partial charge in [0.25, 0.3) is 6.01 Å². The summed E-state index contributed by atoms with van der Waals surface area (Å²) in [5.41, 5.74) is 8.35. The van der Waals surface area contributed by atoms with Crippen molar-refractivity contribution >= 4 is 23.2 Å². The van der Waals surface area contributed by atoms with E-state index < -0.39 is 5.97 Å². The summed E-state index contributed by atoms with van der Waals surface area (Å²) >= 11 is 0. The molecule has 0 atom stereocenters. The molecule has 4 aromatic carbocycles. The van der Waals surface area contributed by atoms with Gasteiger partial charge < -0.3 is 9.47 Å². The normalized spacial score (nSPS) is 11.1. The number of hydrogen-bond acceptors (Lipinski definition) is 7. The first-order valence-electron chi connectivity index (χ1n) is 12.6. The van der Waals surface area contributed by atoms with E-state index in [2.05, 4.69) is 10.1 Å². The Morgan fingerprint density at radius 2 is 1.72 bits per heavy atom. The van der Waals surface area contributed by atoms with E-state index in [1.807, 2.05) is 96.4 Å². The van der Waals surface area contributed by atoms with Crippen LogP contribution >= 0.6 is 0 Å². The van der Waals surface area contributed by atoms with E-state index in [0.717, 1.165) is 27.8 Å². The number of nitrogens with one attached hydrogen (secondary N) is 1. The Labute approximate surface area is 226 Å². The van der Waals surface area contributed by atoms with Gasteiger partial charge in [-0.25, -0.2) is 4.79 Å². The van der Waals surface area contributed by atoms with Crippen LogP contribution in [0, 0.1) is 0 Å². The number of nitrogens with zero attached hydrogens (tertiary/aromatic N) is 3. The first-order chi connectivity index (χ1) is 19.2. The highest BCUT2D eigenvalue weighted by Gasteiger charge is 2.20. The van der Waals surface area contributed by atoms with Crippen molar-refractivity contribution in [1.82, 2.24) is 15.1 Å². The summed E-state index contributed by atoms with van der Waals surface area (Å²) in [6, 6.07) is 31.4. The number of aromatic nitrogens is 2. The van der Waals surface area contributed by atoms with Crippen LogP contribution in [0.3, 0.4) is 0 Å². The van der Waals surface area contributed by atoms with E-state index in [1.165, 1.54) is 0 Å². The fourth-order valence-corrected chi connectivity index (χ4v) is 4.46. The Bertz CT molecular complexity index is 1590. The standard InChI is InChI=1S/C31H28N4O4/c1-2-38-31-33-28-14-8-13-27(30(36)39-21-23-9-4-3-5-10-23)29(28)35(31)20-22-15-17-24(18-16-22)26-12-7-6-11-25(26)19-32-34-37/h3-19,34,37H,2,20-21H2,1H3. The monoisotopic (exact) mass is 520 g/mol. The lowest BCUT2D eigenvalue weighted by Gasteiger charge is -2.13. The van der Waals surface area contributed by atoms with Crippen LogP contribution < -0.4 is 10.3 Å². The van der Waals surface area contributed by atoms with Gasteiger partial charge in [0.1, 0.15) is 6.61 Å². The minimum atomic E-state index is -0.417. The molecule has 0 aliphatic carbocycles. The summed E-state index contributed by atoms with van der Waals surface area (Å²) < 4.78 is 13.4. The molecule has 2 N–H and O–H groups in total. The fourth-order valence-electron chi connectivity index (χ4n) is 4.46. The van der Waals surface area contributed by atoms with Crippen molar-refractivity contribution in [3.05, 3.63) is 119 Å². The first-order valence-corrected chi connectivity index (χ1v) is 12.6. The van der Waals surface area contributed by atoms with Crippen molar-refractivity contribution in [3.8, 4) is 17.1 Å². The van der Waals surface area contributed by atoms with Crippen LogP contribution in [-0.2, 0) is 17.9 Å². The van der Waals surface area contributed by atoms with Gasteiger partial charge in [0, 0.05) is 5.56 Å². The predicted octanol–water partition coefficient (Wildman–Crippen LogP) is 5.82. The van der Waals surface area contributed by atoms with Crippen LogP contribution in [0.4, 0.5) is 0 Å². The molecule has 5 aromatic rings. The van der Waals surface area contributed by atoms with Crippen molar-refractivity contribution in [3.63, 3.8) is 0 Å². The third-order valence-electron chi connectivity index (χ3n) is 6.27. The molecule has 0 aliphatic rings. The second-order valence-electron chi connectivity index (χ2n) is 8.79. The van der Waals surface area contributed by atoms with Crippen molar-refractivity contribution in [2.45, 2.75) is 20.1 Å². The quantitative estimate of drug-likeness (QED) is 0.137. The molecule has 8 heteroatoms. The van der Waals surface area contributed by atoms with Crippen molar-refractivity contribution in [2.24, 2.45) is 5.10 Å². The van der Waals surface area contributed by atoms with Gasteiger partial charge in [0.2, 0.25) is 0 Å². The van der Waals surface area contributed by atoms with Crippen molar-refractivity contribution in [2.75, 3.05) is 6.61 Å². The number of esters is 1. The lowest BCUT2D eigenvalue weighted by atomic mass is 9.99. The number of para-hydroxylation sites is 1.